The molecule has 0 unspecified atom stereocenters. The third kappa shape index (κ3) is 8.38. The molecule has 224 valence electrons. The summed E-state index contributed by atoms with van der Waals surface area (Å²) in [5.74, 6) is -1.42. The minimum Gasteiger partial charge on any atom is -0.468 e. The molecular formula is C34H36N2O6S. The molecule has 2 atom stereocenters. The number of nitrogens with zero attached hydrogens (tertiary/aromatic N) is 2. The summed E-state index contributed by atoms with van der Waals surface area (Å²) in [4.78, 5) is 26.8. The highest BCUT2D eigenvalue weighted by molar-refractivity contribution is 7.86. The Bertz CT molecular complexity index is 1440. The Morgan fingerprint density at radius 1 is 0.535 bits per heavy atom. The van der Waals surface area contributed by atoms with E-state index in [9.17, 15) is 18.0 Å². The van der Waals surface area contributed by atoms with Crippen LogP contribution in [0.15, 0.2) is 121 Å². The minimum absolute atomic E-state index is 0.0698. The van der Waals surface area contributed by atoms with Gasteiger partial charge in [-0.25, -0.2) is 0 Å². The van der Waals surface area contributed by atoms with Crippen LogP contribution in [0.25, 0.3) is 0 Å². The lowest BCUT2D eigenvalue weighted by molar-refractivity contribution is -0.145. The highest BCUT2D eigenvalue weighted by atomic mass is 32.2. The minimum atomic E-state index is -4.54. The first-order valence-corrected chi connectivity index (χ1v) is 15.3. The maximum atomic E-state index is 15.0. The lowest BCUT2D eigenvalue weighted by Crippen LogP contribution is -2.56. The summed E-state index contributed by atoms with van der Waals surface area (Å²) in [6.07, 6.45) is 0.140. The van der Waals surface area contributed by atoms with E-state index in [4.69, 9.17) is 9.47 Å². The van der Waals surface area contributed by atoms with Gasteiger partial charge in [-0.1, -0.05) is 121 Å². The zero-order valence-corrected chi connectivity index (χ0v) is 25.1. The molecule has 0 saturated heterocycles. The molecule has 0 N–H and O–H groups in total. The molecular weight excluding hydrogens is 564 g/mol. The van der Waals surface area contributed by atoms with Crippen molar-refractivity contribution in [1.82, 2.24) is 8.61 Å². The molecule has 8 nitrogen and oxygen atoms in total. The average Bonchev–Trinajstić information content (AvgIpc) is 3.05. The van der Waals surface area contributed by atoms with Gasteiger partial charge < -0.3 is 9.47 Å². The highest BCUT2D eigenvalue weighted by Gasteiger charge is 2.44. The third-order valence-corrected chi connectivity index (χ3v) is 9.09. The van der Waals surface area contributed by atoms with Gasteiger partial charge in [-0.15, -0.1) is 0 Å². The molecule has 4 rings (SSSR count). The van der Waals surface area contributed by atoms with Crippen molar-refractivity contribution in [2.24, 2.45) is 0 Å². The lowest BCUT2D eigenvalue weighted by Gasteiger charge is -2.37. The molecule has 0 aliphatic rings. The maximum absolute atomic E-state index is 15.0. The Hall–Kier alpha value is -4.31. The number of ether oxygens (including phenoxy) is 2. The van der Waals surface area contributed by atoms with Crippen LogP contribution in [0, 0.1) is 0 Å². The summed E-state index contributed by atoms with van der Waals surface area (Å²) >= 11 is 0. The van der Waals surface area contributed by atoms with Crippen molar-refractivity contribution in [2.45, 2.75) is 38.0 Å². The van der Waals surface area contributed by atoms with E-state index < -0.39 is 34.2 Å². The molecule has 0 saturated carbocycles. The number of rotatable bonds is 14. The Labute approximate surface area is 253 Å². The van der Waals surface area contributed by atoms with Gasteiger partial charge in [0.05, 0.1) is 14.2 Å². The van der Waals surface area contributed by atoms with Crippen molar-refractivity contribution in [3.05, 3.63) is 144 Å². The second kappa shape index (κ2) is 15.2. The molecule has 43 heavy (non-hydrogen) atoms. The molecule has 0 bridgehead atoms. The maximum Gasteiger partial charge on any atom is 0.324 e. The standard InChI is InChI=1S/C34H36N2O6S/c1-41-33(37)31(23-27-15-7-3-8-16-27)35(25-29-19-11-5-12-20-29)43(39,40)36(26-30-21-13-6-14-22-30)32(34(38)42-2)24-28-17-9-4-10-18-28/h3-22,31-32H,23-26H2,1-2H3/t31-,32-/m0/s1. The molecule has 0 spiro atoms. The van der Waals surface area contributed by atoms with Gasteiger partial charge >= 0.3 is 11.9 Å². The van der Waals surface area contributed by atoms with E-state index in [0.717, 1.165) is 19.7 Å². The summed E-state index contributed by atoms with van der Waals surface area (Å²) in [6, 6.07) is 34.0. The van der Waals surface area contributed by atoms with E-state index in [1.54, 1.807) is 48.5 Å². The van der Waals surface area contributed by atoms with Gasteiger partial charge in [0.15, 0.2) is 0 Å². The van der Waals surface area contributed by atoms with Gasteiger partial charge in [-0.05, 0) is 35.1 Å². The van der Waals surface area contributed by atoms with Crippen LogP contribution in [0.1, 0.15) is 22.3 Å². The fraction of sp³-hybridized carbons (Fsp3) is 0.235. The van der Waals surface area contributed by atoms with Crippen LogP contribution in [0.2, 0.25) is 0 Å². The Kier molecular flexibility index (Phi) is 11.2. The van der Waals surface area contributed by atoms with Gasteiger partial charge in [0.25, 0.3) is 10.2 Å². The van der Waals surface area contributed by atoms with Gasteiger partial charge in [0.1, 0.15) is 12.1 Å². The summed E-state index contributed by atoms with van der Waals surface area (Å²) < 4.78 is 42.6. The summed E-state index contributed by atoms with van der Waals surface area (Å²) in [7, 11) is -2.07. The quantitative estimate of drug-likeness (QED) is 0.193. The third-order valence-electron chi connectivity index (χ3n) is 7.14. The first-order chi connectivity index (χ1) is 20.8. The fourth-order valence-corrected chi connectivity index (χ4v) is 6.78. The van der Waals surface area contributed by atoms with E-state index in [0.29, 0.717) is 11.1 Å². The lowest BCUT2D eigenvalue weighted by atomic mass is 10.1. The van der Waals surface area contributed by atoms with Crippen LogP contribution in [0.4, 0.5) is 0 Å². The van der Waals surface area contributed by atoms with E-state index in [1.807, 2.05) is 72.8 Å². The zero-order valence-electron chi connectivity index (χ0n) is 24.3. The first kappa shape index (κ1) is 31.6. The molecule has 0 aromatic heterocycles. The molecule has 0 aliphatic carbocycles. The predicted octanol–water partition coefficient (Wildman–Crippen LogP) is 4.80. The van der Waals surface area contributed by atoms with E-state index in [2.05, 4.69) is 0 Å². The van der Waals surface area contributed by atoms with Crippen LogP contribution in [0.3, 0.4) is 0 Å². The number of benzene rings is 4. The monoisotopic (exact) mass is 600 g/mol. The number of carbonyl (C=O) groups excluding carboxylic acids is 2. The first-order valence-electron chi connectivity index (χ1n) is 13.9. The molecule has 9 heteroatoms. The SMILES string of the molecule is COC(=O)[C@H](Cc1ccccc1)N(Cc1ccccc1)S(=O)(=O)N(Cc1ccccc1)[C@@H](Cc1ccccc1)C(=O)OC. The van der Waals surface area contributed by atoms with E-state index >= 15 is 0 Å². The predicted molar refractivity (Wildman–Crippen MR) is 165 cm³/mol. The molecule has 0 radical (unpaired) electrons. The molecule has 0 fully saturated rings. The van der Waals surface area contributed by atoms with Gasteiger partial charge in [0.2, 0.25) is 0 Å². The number of methoxy groups -OCH3 is 2. The van der Waals surface area contributed by atoms with Crippen LogP contribution in [-0.4, -0.2) is 55.3 Å². The smallest absolute Gasteiger partial charge is 0.324 e. The topological polar surface area (TPSA) is 93.2 Å². The number of hydrogen-bond acceptors (Lipinski definition) is 6. The van der Waals surface area contributed by atoms with Crippen molar-refractivity contribution in [1.29, 1.82) is 0 Å². The Morgan fingerprint density at radius 2 is 0.814 bits per heavy atom. The normalized spacial score (nSPS) is 12.9. The summed E-state index contributed by atoms with van der Waals surface area (Å²) in [5, 5.41) is 0. The van der Waals surface area contributed by atoms with Crippen molar-refractivity contribution in [3.8, 4) is 0 Å². The van der Waals surface area contributed by atoms with E-state index in [1.165, 1.54) is 14.2 Å². The summed E-state index contributed by atoms with van der Waals surface area (Å²) in [6.45, 7) is -0.249. The van der Waals surface area contributed by atoms with E-state index in [-0.39, 0.29) is 25.9 Å². The van der Waals surface area contributed by atoms with Crippen molar-refractivity contribution in [2.75, 3.05) is 14.2 Å². The van der Waals surface area contributed by atoms with Crippen molar-refractivity contribution in [3.63, 3.8) is 0 Å². The van der Waals surface area contributed by atoms with Crippen molar-refractivity contribution < 1.29 is 27.5 Å². The van der Waals surface area contributed by atoms with Gasteiger partial charge in [-0.2, -0.15) is 17.0 Å². The number of esters is 2. The van der Waals surface area contributed by atoms with Gasteiger partial charge in [0, 0.05) is 13.1 Å². The van der Waals surface area contributed by atoms with Crippen LogP contribution >= 0.6 is 0 Å². The average molecular weight is 601 g/mol. The van der Waals surface area contributed by atoms with Crippen LogP contribution in [0.5, 0.6) is 0 Å². The molecule has 0 amide bonds. The number of hydrogen-bond donors (Lipinski definition) is 0. The highest BCUT2D eigenvalue weighted by Crippen LogP contribution is 2.26. The van der Waals surface area contributed by atoms with Crippen LogP contribution in [-0.2, 0) is 55.2 Å². The van der Waals surface area contributed by atoms with Gasteiger partial charge in [-0.3, -0.25) is 9.59 Å². The largest absolute Gasteiger partial charge is 0.468 e. The van der Waals surface area contributed by atoms with Crippen molar-refractivity contribution >= 4 is 22.1 Å². The summed E-state index contributed by atoms with van der Waals surface area (Å²) in [5.41, 5.74) is 2.86. The molecule has 4 aromatic carbocycles. The van der Waals surface area contributed by atoms with Crippen LogP contribution < -0.4 is 0 Å². The Morgan fingerprint density at radius 3 is 1.09 bits per heavy atom. The molecule has 0 heterocycles. The Balaban J connectivity index is 1.88. The second-order valence-corrected chi connectivity index (χ2v) is 11.9. The molecule has 4 aromatic rings. The molecule has 0 aliphatic heterocycles. The number of carbonyl (C=O) groups is 2. The fourth-order valence-electron chi connectivity index (χ4n) is 4.92. The second-order valence-electron chi connectivity index (χ2n) is 10.0. The zero-order chi connectivity index (χ0) is 30.7.